The Bertz CT molecular complexity index is 91.5. The van der Waals surface area contributed by atoms with Crippen molar-refractivity contribution in [2.45, 2.75) is 26.7 Å². The van der Waals surface area contributed by atoms with Crippen LogP contribution >= 0.6 is 0 Å². The largest absolute Gasteiger partial charge is 0.326 e. The molecule has 0 aliphatic rings. The summed E-state index contributed by atoms with van der Waals surface area (Å²) in [7, 11) is 0. The molecule has 0 aliphatic heterocycles. The summed E-state index contributed by atoms with van der Waals surface area (Å²) < 4.78 is 27.6. The topological polar surface area (TPSA) is 27.7 Å². The van der Waals surface area contributed by atoms with Crippen LogP contribution in [0.25, 0.3) is 0 Å². The highest BCUT2D eigenvalue weighted by Gasteiger charge is 2.32. The zero-order valence-electron chi connectivity index (χ0n) is 7.93. The van der Waals surface area contributed by atoms with Crippen molar-refractivity contribution in [3.63, 3.8) is 0 Å². The van der Waals surface area contributed by atoms with E-state index in [1.807, 2.05) is 0 Å². The molecular formula is C8H17FO3. The molecule has 74 valence electrons. The second kappa shape index (κ2) is 6.34. The first kappa shape index (κ1) is 11.8. The molecule has 0 aromatic rings. The summed E-state index contributed by atoms with van der Waals surface area (Å²) in [5.41, 5.74) is 0. The Hall–Kier alpha value is -0.190. The van der Waals surface area contributed by atoms with Gasteiger partial charge in [-0.05, 0) is 20.8 Å². The Labute approximate surface area is 72.8 Å². The summed E-state index contributed by atoms with van der Waals surface area (Å²) in [6.45, 7) is 5.60. The van der Waals surface area contributed by atoms with Gasteiger partial charge in [-0.2, -0.15) is 0 Å². The van der Waals surface area contributed by atoms with Crippen LogP contribution in [0.2, 0.25) is 0 Å². The van der Waals surface area contributed by atoms with Crippen LogP contribution in [0.5, 0.6) is 0 Å². The van der Waals surface area contributed by atoms with Crippen molar-refractivity contribution in [1.82, 2.24) is 0 Å². The van der Waals surface area contributed by atoms with Crippen LogP contribution in [0.3, 0.4) is 0 Å². The van der Waals surface area contributed by atoms with Gasteiger partial charge in [-0.3, -0.25) is 0 Å². The van der Waals surface area contributed by atoms with Gasteiger partial charge in [-0.1, -0.05) is 0 Å². The molecule has 0 radical (unpaired) electrons. The van der Waals surface area contributed by atoms with Gasteiger partial charge in [-0.25, -0.2) is 4.39 Å². The Morgan fingerprint density at radius 3 is 1.42 bits per heavy atom. The van der Waals surface area contributed by atoms with E-state index >= 15 is 0 Å². The van der Waals surface area contributed by atoms with Crippen molar-refractivity contribution >= 4 is 0 Å². The van der Waals surface area contributed by atoms with Crippen LogP contribution in [-0.4, -0.2) is 32.5 Å². The number of halogens is 1. The third kappa shape index (κ3) is 3.47. The molecule has 0 aromatic carbocycles. The van der Waals surface area contributed by atoms with Gasteiger partial charge >= 0.3 is 5.97 Å². The zero-order valence-corrected chi connectivity index (χ0v) is 7.93. The van der Waals surface area contributed by atoms with E-state index in [1.54, 1.807) is 20.8 Å². The van der Waals surface area contributed by atoms with Gasteiger partial charge in [0.1, 0.15) is 0 Å². The molecule has 0 saturated carbocycles. The minimum absolute atomic E-state index is 0.365. The van der Waals surface area contributed by atoms with Crippen LogP contribution in [0, 0.1) is 0 Å². The fourth-order valence-corrected chi connectivity index (χ4v) is 0.900. The molecule has 0 bridgehead atoms. The third-order valence-electron chi connectivity index (χ3n) is 1.26. The molecule has 0 rings (SSSR count). The molecular weight excluding hydrogens is 163 g/mol. The molecule has 4 heteroatoms. The molecule has 0 fully saturated rings. The molecule has 0 aliphatic carbocycles. The number of rotatable bonds is 7. The lowest BCUT2D eigenvalue weighted by molar-refractivity contribution is -0.380. The van der Waals surface area contributed by atoms with Gasteiger partial charge < -0.3 is 14.2 Å². The molecule has 3 nitrogen and oxygen atoms in total. The van der Waals surface area contributed by atoms with Crippen LogP contribution in [0.4, 0.5) is 4.39 Å². The van der Waals surface area contributed by atoms with Crippen LogP contribution in [0.1, 0.15) is 20.8 Å². The van der Waals surface area contributed by atoms with E-state index in [-0.39, 0.29) is 0 Å². The number of hydrogen-bond acceptors (Lipinski definition) is 3. The minimum atomic E-state index is -1.47. The fraction of sp³-hybridized carbons (Fsp3) is 1.00. The SMILES string of the molecule is CCOC(CF)(OCC)OCC. The lowest BCUT2D eigenvalue weighted by Gasteiger charge is -2.29. The molecule has 0 atom stereocenters. The fourth-order valence-electron chi connectivity index (χ4n) is 0.900. The molecule has 0 heterocycles. The lowest BCUT2D eigenvalue weighted by atomic mass is 10.5. The van der Waals surface area contributed by atoms with Gasteiger partial charge in [-0.15, -0.1) is 0 Å². The predicted molar refractivity (Wildman–Crippen MR) is 43.6 cm³/mol. The smallest absolute Gasteiger partial charge is 0.313 e. The molecule has 0 unspecified atom stereocenters. The van der Waals surface area contributed by atoms with Gasteiger partial charge in [0.25, 0.3) is 0 Å². The van der Waals surface area contributed by atoms with E-state index in [0.717, 1.165) is 0 Å². The molecule has 12 heavy (non-hydrogen) atoms. The normalized spacial score (nSPS) is 12.0. The van der Waals surface area contributed by atoms with E-state index in [2.05, 4.69) is 0 Å². The van der Waals surface area contributed by atoms with E-state index in [0.29, 0.717) is 19.8 Å². The average molecular weight is 180 g/mol. The molecule has 0 saturated heterocycles. The first-order valence-corrected chi connectivity index (χ1v) is 4.22. The second-order valence-corrected chi connectivity index (χ2v) is 2.12. The molecule has 0 spiro atoms. The van der Waals surface area contributed by atoms with Gasteiger partial charge in [0.15, 0.2) is 6.67 Å². The quantitative estimate of drug-likeness (QED) is 0.558. The summed E-state index contributed by atoms with van der Waals surface area (Å²) in [5, 5.41) is 0. The van der Waals surface area contributed by atoms with E-state index in [4.69, 9.17) is 14.2 Å². The van der Waals surface area contributed by atoms with Crippen molar-refractivity contribution in [1.29, 1.82) is 0 Å². The number of alkyl halides is 1. The maximum Gasteiger partial charge on any atom is 0.313 e. The zero-order chi connectivity index (χ0) is 9.45. The monoisotopic (exact) mass is 180 g/mol. The van der Waals surface area contributed by atoms with Crippen molar-refractivity contribution < 1.29 is 18.6 Å². The summed E-state index contributed by atoms with van der Waals surface area (Å²) in [6.07, 6.45) is 0. The highest BCUT2D eigenvalue weighted by Crippen LogP contribution is 2.15. The maximum absolute atomic E-state index is 12.5. The average Bonchev–Trinajstić information content (AvgIpc) is 2.06. The van der Waals surface area contributed by atoms with Gasteiger partial charge in [0.05, 0.1) is 0 Å². The standard InChI is InChI=1S/C8H17FO3/c1-4-10-8(7-9,11-5-2)12-6-3/h4-7H2,1-3H3. The first-order chi connectivity index (χ1) is 5.74. The van der Waals surface area contributed by atoms with Crippen molar-refractivity contribution in [3.05, 3.63) is 0 Å². The molecule has 0 amide bonds. The Morgan fingerprint density at radius 2 is 1.25 bits per heavy atom. The summed E-state index contributed by atoms with van der Waals surface area (Å²) in [5.74, 6) is -1.47. The Balaban J connectivity index is 4.06. The van der Waals surface area contributed by atoms with Gasteiger partial charge in [0.2, 0.25) is 0 Å². The van der Waals surface area contributed by atoms with Crippen molar-refractivity contribution in [2.75, 3.05) is 26.5 Å². The highest BCUT2D eigenvalue weighted by atomic mass is 19.1. The first-order valence-electron chi connectivity index (χ1n) is 4.22. The Kier molecular flexibility index (Phi) is 6.24. The lowest BCUT2D eigenvalue weighted by Crippen LogP contribution is -2.41. The molecule has 0 aromatic heterocycles. The summed E-state index contributed by atoms with van der Waals surface area (Å²) >= 11 is 0. The minimum Gasteiger partial charge on any atom is -0.326 e. The highest BCUT2D eigenvalue weighted by molar-refractivity contribution is 4.54. The van der Waals surface area contributed by atoms with Crippen LogP contribution in [0.15, 0.2) is 0 Å². The number of hydrogen-bond donors (Lipinski definition) is 0. The Morgan fingerprint density at radius 1 is 0.917 bits per heavy atom. The third-order valence-corrected chi connectivity index (χ3v) is 1.26. The van der Waals surface area contributed by atoms with Gasteiger partial charge in [0, 0.05) is 19.8 Å². The predicted octanol–water partition coefficient (Wildman–Crippen LogP) is 1.72. The van der Waals surface area contributed by atoms with E-state index in [1.165, 1.54) is 0 Å². The van der Waals surface area contributed by atoms with Crippen LogP contribution < -0.4 is 0 Å². The van der Waals surface area contributed by atoms with E-state index < -0.39 is 12.6 Å². The maximum atomic E-state index is 12.5. The summed E-state index contributed by atoms with van der Waals surface area (Å²) in [4.78, 5) is 0. The van der Waals surface area contributed by atoms with Crippen molar-refractivity contribution in [3.8, 4) is 0 Å². The second-order valence-electron chi connectivity index (χ2n) is 2.12. The van der Waals surface area contributed by atoms with E-state index in [9.17, 15) is 4.39 Å². The van der Waals surface area contributed by atoms with Crippen LogP contribution in [-0.2, 0) is 14.2 Å². The molecule has 0 N–H and O–H groups in total. The summed E-state index contributed by atoms with van der Waals surface area (Å²) in [6, 6.07) is 0. The number of ether oxygens (including phenoxy) is 3. The van der Waals surface area contributed by atoms with Crippen molar-refractivity contribution in [2.24, 2.45) is 0 Å².